The number of aliphatic hydroxyl groups is 2. The third-order valence-corrected chi connectivity index (χ3v) is 9.00. The normalized spacial score (nSPS) is 15.2. The first kappa shape index (κ1) is 42.5. The number of unbranched alkanes of at least 4 members (excludes halogenated alkanes) is 19. The Balaban J connectivity index is 4.41. The fourth-order valence-corrected chi connectivity index (χ4v) is 6.06. The number of carbonyl (C=O) groups is 1. The van der Waals surface area contributed by atoms with Crippen molar-refractivity contribution in [2.45, 2.75) is 186 Å². The Morgan fingerprint density at radius 1 is 0.698 bits per heavy atom. The van der Waals surface area contributed by atoms with E-state index in [9.17, 15) is 24.5 Å². The summed E-state index contributed by atoms with van der Waals surface area (Å²) in [6.07, 6.45) is 24.4. The molecule has 4 unspecified atom stereocenters. The van der Waals surface area contributed by atoms with Gasteiger partial charge in [-0.2, -0.15) is 0 Å². The molecule has 0 aromatic carbocycles. The minimum Gasteiger partial charge on any atom is -0.393 e. The van der Waals surface area contributed by atoms with Gasteiger partial charge >= 0.3 is 7.82 Å². The average Bonchev–Trinajstić information content (AvgIpc) is 2.97. The van der Waals surface area contributed by atoms with Gasteiger partial charge in [0.25, 0.3) is 0 Å². The van der Waals surface area contributed by atoms with Crippen molar-refractivity contribution in [1.29, 1.82) is 0 Å². The smallest absolute Gasteiger partial charge is 0.393 e. The average molecular weight is 637 g/mol. The minimum atomic E-state index is -4.36. The van der Waals surface area contributed by atoms with Gasteiger partial charge < -0.3 is 26.2 Å². The van der Waals surface area contributed by atoms with Crippen LogP contribution in [0.25, 0.3) is 0 Å². The second-order valence-electron chi connectivity index (χ2n) is 12.3. The largest absolute Gasteiger partial charge is 0.472 e. The molecule has 0 rings (SSSR count). The Bertz CT molecular complexity index is 671. The molecule has 0 aliphatic rings. The zero-order chi connectivity index (χ0) is 32.0. The van der Waals surface area contributed by atoms with Gasteiger partial charge in [-0.05, 0) is 12.8 Å². The number of phosphoric ester groups is 1. The quantitative estimate of drug-likeness (QED) is 0.0363. The van der Waals surface area contributed by atoms with E-state index in [0.29, 0.717) is 12.8 Å². The van der Waals surface area contributed by atoms with Gasteiger partial charge in [-0.1, -0.05) is 149 Å². The summed E-state index contributed by atoms with van der Waals surface area (Å²) in [5.41, 5.74) is 5.33. The van der Waals surface area contributed by atoms with E-state index in [-0.39, 0.29) is 26.2 Å². The monoisotopic (exact) mass is 636 g/mol. The van der Waals surface area contributed by atoms with Gasteiger partial charge in [0.1, 0.15) is 0 Å². The van der Waals surface area contributed by atoms with Crippen LogP contribution in [-0.4, -0.2) is 59.0 Å². The molecule has 1 amide bonds. The number of amides is 1. The standard InChI is InChI=1S/C33H69N2O7P/c1-3-5-7-9-11-13-14-15-16-17-19-21-23-25-32(37)31(29-42-43(39,40)41-27-26-34)35-33(38)28-30(36)24-22-20-18-12-10-8-6-4-2/h30-32,36-37H,3-29,34H2,1-2H3,(H,35,38)(H,39,40). The van der Waals surface area contributed by atoms with Crippen molar-refractivity contribution in [3.63, 3.8) is 0 Å². The molecule has 9 nitrogen and oxygen atoms in total. The Hall–Kier alpha value is -0.540. The topological polar surface area (TPSA) is 151 Å². The van der Waals surface area contributed by atoms with Gasteiger partial charge in [-0.3, -0.25) is 13.8 Å². The number of carbonyl (C=O) groups excluding carboxylic acids is 1. The van der Waals surface area contributed by atoms with Crippen molar-refractivity contribution in [1.82, 2.24) is 5.32 Å². The lowest BCUT2D eigenvalue weighted by atomic mass is 10.0. The van der Waals surface area contributed by atoms with Crippen molar-refractivity contribution in [2.24, 2.45) is 5.73 Å². The second-order valence-corrected chi connectivity index (χ2v) is 13.7. The molecule has 0 spiro atoms. The number of nitrogens with two attached hydrogens (primary N) is 1. The maximum atomic E-state index is 12.7. The molecule has 0 heterocycles. The Morgan fingerprint density at radius 2 is 1.12 bits per heavy atom. The van der Waals surface area contributed by atoms with Gasteiger partial charge in [-0.25, -0.2) is 4.57 Å². The van der Waals surface area contributed by atoms with E-state index in [1.807, 2.05) is 0 Å². The lowest BCUT2D eigenvalue weighted by molar-refractivity contribution is -0.125. The highest BCUT2D eigenvalue weighted by Gasteiger charge is 2.28. The SMILES string of the molecule is CCCCCCCCCCCCCCCC(O)C(COP(=O)(O)OCCN)NC(=O)CC(O)CCCCCCCCCC. The Labute approximate surface area is 264 Å². The van der Waals surface area contributed by atoms with E-state index >= 15 is 0 Å². The lowest BCUT2D eigenvalue weighted by Gasteiger charge is -2.25. The molecule has 0 saturated carbocycles. The number of phosphoric acid groups is 1. The zero-order valence-electron chi connectivity index (χ0n) is 27.8. The molecular formula is C33H69N2O7P. The van der Waals surface area contributed by atoms with E-state index in [1.165, 1.54) is 96.3 Å². The van der Waals surface area contributed by atoms with Crippen molar-refractivity contribution < 1.29 is 33.5 Å². The van der Waals surface area contributed by atoms with Gasteiger partial charge in [-0.15, -0.1) is 0 Å². The van der Waals surface area contributed by atoms with E-state index < -0.39 is 32.0 Å². The predicted molar refractivity (Wildman–Crippen MR) is 177 cm³/mol. The van der Waals surface area contributed by atoms with Crippen molar-refractivity contribution >= 4 is 13.7 Å². The predicted octanol–water partition coefficient (Wildman–Crippen LogP) is 7.69. The number of hydrogen-bond acceptors (Lipinski definition) is 7. The first-order valence-electron chi connectivity index (χ1n) is 17.7. The fourth-order valence-electron chi connectivity index (χ4n) is 5.30. The van der Waals surface area contributed by atoms with Crippen LogP contribution in [0.5, 0.6) is 0 Å². The summed E-state index contributed by atoms with van der Waals surface area (Å²) in [5.74, 6) is -0.416. The van der Waals surface area contributed by atoms with Crippen molar-refractivity contribution in [3.8, 4) is 0 Å². The van der Waals surface area contributed by atoms with Crippen LogP contribution in [0.15, 0.2) is 0 Å². The van der Waals surface area contributed by atoms with Crippen LogP contribution >= 0.6 is 7.82 Å². The minimum absolute atomic E-state index is 0.0620. The van der Waals surface area contributed by atoms with Gasteiger partial charge in [0.2, 0.25) is 5.91 Å². The van der Waals surface area contributed by atoms with Crippen LogP contribution < -0.4 is 11.1 Å². The number of hydrogen-bond donors (Lipinski definition) is 5. The number of rotatable bonds is 33. The Kier molecular flexibility index (Phi) is 29.8. The molecule has 0 aromatic rings. The van der Waals surface area contributed by atoms with E-state index in [1.54, 1.807) is 0 Å². The molecule has 0 fully saturated rings. The van der Waals surface area contributed by atoms with Crippen LogP contribution in [0.4, 0.5) is 0 Å². The first-order valence-corrected chi connectivity index (χ1v) is 19.2. The van der Waals surface area contributed by atoms with Gasteiger partial charge in [0, 0.05) is 6.54 Å². The highest BCUT2D eigenvalue weighted by molar-refractivity contribution is 7.47. The molecule has 43 heavy (non-hydrogen) atoms. The summed E-state index contributed by atoms with van der Waals surface area (Å²) in [5, 5.41) is 23.9. The van der Waals surface area contributed by atoms with Gasteiger partial charge in [0.05, 0.1) is 37.9 Å². The second kappa shape index (κ2) is 30.1. The molecule has 0 aliphatic heterocycles. The zero-order valence-corrected chi connectivity index (χ0v) is 28.7. The van der Waals surface area contributed by atoms with Crippen LogP contribution in [0.1, 0.15) is 168 Å². The van der Waals surface area contributed by atoms with E-state index in [0.717, 1.165) is 38.5 Å². The van der Waals surface area contributed by atoms with Crippen LogP contribution in [0.3, 0.4) is 0 Å². The number of nitrogens with one attached hydrogen (secondary N) is 1. The van der Waals surface area contributed by atoms with Crippen molar-refractivity contribution in [3.05, 3.63) is 0 Å². The molecule has 4 atom stereocenters. The maximum Gasteiger partial charge on any atom is 0.472 e. The van der Waals surface area contributed by atoms with Crippen molar-refractivity contribution in [2.75, 3.05) is 19.8 Å². The summed E-state index contributed by atoms with van der Waals surface area (Å²) >= 11 is 0. The maximum absolute atomic E-state index is 12.7. The molecule has 258 valence electrons. The highest BCUT2D eigenvalue weighted by atomic mass is 31.2. The third kappa shape index (κ3) is 28.7. The van der Waals surface area contributed by atoms with Crippen LogP contribution in [-0.2, 0) is 18.4 Å². The van der Waals surface area contributed by atoms with Gasteiger partial charge in [0.15, 0.2) is 0 Å². The van der Waals surface area contributed by atoms with E-state index in [4.69, 9.17) is 14.8 Å². The molecular weight excluding hydrogens is 567 g/mol. The summed E-state index contributed by atoms with van der Waals surface area (Å²) in [7, 11) is -4.36. The molecule has 0 aliphatic carbocycles. The molecule has 6 N–H and O–H groups in total. The third-order valence-electron chi connectivity index (χ3n) is 8.02. The molecule has 0 aromatic heterocycles. The Morgan fingerprint density at radius 3 is 1.56 bits per heavy atom. The fraction of sp³-hybridized carbons (Fsp3) is 0.970. The molecule has 0 saturated heterocycles. The summed E-state index contributed by atoms with van der Waals surface area (Å²) in [4.78, 5) is 22.5. The highest BCUT2D eigenvalue weighted by Crippen LogP contribution is 2.43. The lowest BCUT2D eigenvalue weighted by Crippen LogP contribution is -2.47. The summed E-state index contributed by atoms with van der Waals surface area (Å²) < 4.78 is 22.0. The summed E-state index contributed by atoms with van der Waals surface area (Å²) in [6.45, 7) is 3.99. The molecule has 10 heteroatoms. The first-order chi connectivity index (χ1) is 20.8. The van der Waals surface area contributed by atoms with E-state index in [2.05, 4.69) is 19.2 Å². The molecule has 0 radical (unpaired) electrons. The summed E-state index contributed by atoms with van der Waals surface area (Å²) in [6, 6.07) is -0.887. The number of aliphatic hydroxyl groups excluding tert-OH is 2. The van der Waals surface area contributed by atoms with Crippen LogP contribution in [0.2, 0.25) is 0 Å². The molecule has 0 bridgehead atoms. The van der Waals surface area contributed by atoms with Crippen LogP contribution in [0, 0.1) is 0 Å².